The average molecular weight is 1510 g/mol. The first-order valence-electron chi connectivity index (χ1n) is 35.3. The number of halogens is 7. The van der Waals surface area contributed by atoms with Crippen LogP contribution in [0.4, 0.5) is 60.5 Å². The van der Waals surface area contributed by atoms with Crippen LogP contribution in [0.3, 0.4) is 0 Å². The van der Waals surface area contributed by atoms with Crippen LogP contribution in [0, 0.1) is 34.9 Å². The number of piperidine rings is 3. The van der Waals surface area contributed by atoms with Crippen molar-refractivity contribution < 1.29 is 66.0 Å². The summed E-state index contributed by atoms with van der Waals surface area (Å²) in [4.78, 5) is 39.5. The minimum absolute atomic E-state index is 0. The molecule has 3 unspecified atom stereocenters. The monoisotopic (exact) mass is 1510 g/mol. The molecular formula is C76H82ClF6N9O9S3. The maximum absolute atomic E-state index is 14.4. The number of hydrogen-bond donors (Lipinski definition) is 8. The Hall–Kier alpha value is -8.05. The van der Waals surface area contributed by atoms with Gasteiger partial charge in [0.25, 0.3) is 30.1 Å². The van der Waals surface area contributed by atoms with Gasteiger partial charge in [0, 0.05) is 98.8 Å². The van der Waals surface area contributed by atoms with Gasteiger partial charge in [0.05, 0.1) is 33.3 Å². The third-order valence-electron chi connectivity index (χ3n) is 22.3. The molecule has 18 nitrogen and oxygen atoms in total. The summed E-state index contributed by atoms with van der Waals surface area (Å²) in [5, 5.41) is 17.3. The Balaban J connectivity index is 0.000000139. The Morgan fingerprint density at radius 1 is 0.423 bits per heavy atom. The third-order valence-corrected chi connectivity index (χ3v) is 26.5. The Kier molecular flexibility index (Phi) is 21.2. The second-order valence-corrected chi connectivity index (χ2v) is 33.8. The van der Waals surface area contributed by atoms with E-state index in [1.54, 1.807) is 36.4 Å². The molecule has 8 N–H and O–H groups in total. The lowest BCUT2D eigenvalue weighted by molar-refractivity contribution is -0.126. The number of carbonyl (C=O) groups excluding carboxylic acids is 3. The number of carbonyl (C=O) groups is 3. The summed E-state index contributed by atoms with van der Waals surface area (Å²) in [5.74, 6) is -5.50. The van der Waals surface area contributed by atoms with Crippen LogP contribution >= 0.6 is 12.4 Å². The summed E-state index contributed by atoms with van der Waals surface area (Å²) in [6.07, 6.45) is 14.3. The summed E-state index contributed by atoms with van der Waals surface area (Å²) in [5.41, 5.74) is 7.97. The van der Waals surface area contributed by atoms with Gasteiger partial charge >= 0.3 is 0 Å². The molecule has 3 saturated carbocycles. The number of nitrogens with zero attached hydrogens (tertiary/aromatic N) is 1. The smallest absolute Gasteiger partial charge is 0.264 e. The van der Waals surface area contributed by atoms with Crippen molar-refractivity contribution in [3.8, 4) is 0 Å². The van der Waals surface area contributed by atoms with Crippen LogP contribution in [-0.2, 0) is 86.5 Å². The zero-order valence-corrected chi connectivity index (χ0v) is 60.2. The van der Waals surface area contributed by atoms with Crippen LogP contribution in [0.2, 0.25) is 0 Å². The fraction of sp³-hybridized carbons (Fsp3) is 0.408. The molecule has 3 saturated heterocycles. The van der Waals surface area contributed by atoms with Gasteiger partial charge in [0.15, 0.2) is 0 Å². The van der Waals surface area contributed by atoms with Crippen molar-refractivity contribution in [1.29, 1.82) is 0 Å². The van der Waals surface area contributed by atoms with Gasteiger partial charge in [0.2, 0.25) is 0 Å². The zero-order valence-electron chi connectivity index (χ0n) is 57.0. The van der Waals surface area contributed by atoms with Crippen molar-refractivity contribution in [3.05, 3.63) is 195 Å². The highest BCUT2D eigenvalue weighted by molar-refractivity contribution is 7.93. The molecule has 0 radical (unpaired) electrons. The van der Waals surface area contributed by atoms with E-state index < -0.39 is 95.9 Å². The number of Topliss-reactive ketones (excluding diaryl/α,β-unsaturated/α-hetero) is 3. The molecule has 3 aliphatic heterocycles. The molecule has 7 aromatic rings. The fourth-order valence-electron chi connectivity index (χ4n) is 16.6. The third kappa shape index (κ3) is 14.8. The maximum Gasteiger partial charge on any atom is 0.264 e. The number of sulfonamides is 3. The van der Waals surface area contributed by atoms with Crippen molar-refractivity contribution in [2.24, 2.45) is 0 Å². The topological polar surface area (TPSA) is 253 Å². The SMILES string of the molecule is Cl.O=C1Cc2c(NC3CCCN(Cc4ccccc4)C3)cc(NS(=O)(=O)c3ccc(F)cc3F)cc2C12CCC2.O=C1Cc2c(NC3CCCNC3)cc(NS(=O)(=O)c3ccc(F)cc3F)cc2C12CCC2.O=C1Cc2c(NC3CCCNC3)cc(NS(=O)(=O)c3ccc(F)cc3F)cc2C12CCC2. The largest absolute Gasteiger partial charge is 0.381 e. The second kappa shape index (κ2) is 29.7. The van der Waals surface area contributed by atoms with Crippen molar-refractivity contribution in [1.82, 2.24) is 15.5 Å². The van der Waals surface area contributed by atoms with Crippen LogP contribution in [0.5, 0.6) is 0 Å². The highest BCUT2D eigenvalue weighted by atomic mass is 35.5. The lowest BCUT2D eigenvalue weighted by Gasteiger charge is -2.38. The fourth-order valence-corrected chi connectivity index (χ4v) is 19.9. The first kappa shape index (κ1) is 74.2. The Morgan fingerprint density at radius 2 is 0.769 bits per heavy atom. The number of hydrogen-bond acceptors (Lipinski definition) is 15. The quantitative estimate of drug-likeness (QED) is 0.0395. The van der Waals surface area contributed by atoms with Crippen LogP contribution < -0.4 is 40.8 Å². The molecule has 0 bridgehead atoms. The maximum atomic E-state index is 14.4. The normalized spacial score (nSPS) is 21.1. The summed E-state index contributed by atoms with van der Waals surface area (Å²) in [6, 6.07) is 28.1. The minimum atomic E-state index is -4.32. The van der Waals surface area contributed by atoms with E-state index in [0.717, 1.165) is 229 Å². The Bertz CT molecular complexity index is 4680. The number of ketones is 3. The summed E-state index contributed by atoms with van der Waals surface area (Å²) < 4.78 is 168. The summed E-state index contributed by atoms with van der Waals surface area (Å²) in [6.45, 7) is 6.15. The molecule has 3 spiro atoms. The van der Waals surface area contributed by atoms with E-state index in [1.165, 1.54) is 5.56 Å². The molecule has 9 aliphatic rings. The van der Waals surface area contributed by atoms with Crippen molar-refractivity contribution in [2.75, 3.05) is 69.4 Å². The second-order valence-electron chi connectivity index (χ2n) is 28.9. The lowest BCUT2D eigenvalue weighted by Crippen LogP contribution is -2.41. The minimum Gasteiger partial charge on any atom is -0.381 e. The number of benzene rings is 7. The highest BCUT2D eigenvalue weighted by Gasteiger charge is 2.54. The molecule has 0 aromatic heterocycles. The Morgan fingerprint density at radius 3 is 1.09 bits per heavy atom. The molecule has 104 heavy (non-hydrogen) atoms. The van der Waals surface area contributed by atoms with Gasteiger partial charge in [-0.15, -0.1) is 12.4 Å². The first-order chi connectivity index (χ1) is 49.3. The van der Waals surface area contributed by atoms with Gasteiger partial charge < -0.3 is 26.6 Å². The Labute approximate surface area is 607 Å². The molecular weight excluding hydrogens is 1430 g/mol. The van der Waals surface area contributed by atoms with E-state index in [4.69, 9.17) is 0 Å². The first-order valence-corrected chi connectivity index (χ1v) is 39.8. The number of nitrogens with one attached hydrogen (secondary N) is 8. The molecule has 3 atom stereocenters. The number of likely N-dealkylation sites (tertiary alicyclic amines) is 1. The van der Waals surface area contributed by atoms with Crippen LogP contribution in [0.15, 0.2) is 136 Å². The predicted octanol–water partition coefficient (Wildman–Crippen LogP) is 12.8. The van der Waals surface area contributed by atoms with Gasteiger partial charge in [-0.1, -0.05) is 49.6 Å². The molecule has 3 heterocycles. The zero-order chi connectivity index (χ0) is 72.2. The van der Waals surface area contributed by atoms with Gasteiger partial charge in [-0.3, -0.25) is 33.4 Å². The van der Waals surface area contributed by atoms with Crippen molar-refractivity contribution in [2.45, 2.75) is 171 Å². The molecule has 7 aromatic carbocycles. The molecule has 16 rings (SSSR count). The van der Waals surface area contributed by atoms with Gasteiger partial charge in [-0.05, 0) is 208 Å². The van der Waals surface area contributed by atoms with Crippen LogP contribution in [0.1, 0.15) is 135 Å². The number of anilines is 6. The molecule has 552 valence electrons. The van der Waals surface area contributed by atoms with E-state index >= 15 is 0 Å². The number of rotatable bonds is 17. The van der Waals surface area contributed by atoms with Crippen molar-refractivity contribution >= 4 is 94.0 Å². The van der Waals surface area contributed by atoms with Crippen LogP contribution in [0.25, 0.3) is 0 Å². The molecule has 6 fully saturated rings. The summed E-state index contributed by atoms with van der Waals surface area (Å²) >= 11 is 0. The molecule has 6 aliphatic carbocycles. The standard InChI is InChI=1S/C30H31F2N3O3S.2C23H25F2N3O3S.ClH/c31-21-9-10-28(26(32)14-21)39(37,38)34-23-15-25-24(17-29(36)30(25)11-5-12-30)27(16-23)33-22-8-4-13-35(19-22)18-20-6-2-1-3-7-20;2*24-14-4-5-21(19(25)9-14)32(30,31)28-16-10-18-17(12-22(29)23(18)6-2-7-23)20(11-16)27-15-3-1-8-26-13-15;/h1-3,6-7,9-10,14-16,22,33-34H,4-5,8,11-13,17-19H2;2*4-5,9-11,15,26-28H,1-3,6-8,12-13H2;1H. The molecule has 0 amide bonds. The van der Waals surface area contributed by atoms with E-state index in [-0.39, 0.29) is 64.9 Å². The molecule has 28 heteroatoms. The van der Waals surface area contributed by atoms with E-state index in [0.29, 0.717) is 37.5 Å². The average Bonchev–Trinajstić information content (AvgIpc) is 1.56. The van der Waals surface area contributed by atoms with Crippen LogP contribution in [-0.4, -0.2) is 105 Å². The van der Waals surface area contributed by atoms with Gasteiger partial charge in [-0.2, -0.15) is 0 Å². The van der Waals surface area contributed by atoms with Crippen molar-refractivity contribution in [3.63, 3.8) is 0 Å². The lowest BCUT2D eigenvalue weighted by atomic mass is 9.64. The van der Waals surface area contributed by atoms with E-state index in [9.17, 15) is 66.0 Å². The number of fused-ring (bicyclic) bond motifs is 6. The van der Waals surface area contributed by atoms with Gasteiger partial charge in [-0.25, -0.2) is 51.6 Å². The van der Waals surface area contributed by atoms with E-state index in [2.05, 4.69) is 57.8 Å². The van der Waals surface area contributed by atoms with E-state index in [1.807, 2.05) is 18.2 Å². The predicted molar refractivity (Wildman–Crippen MR) is 388 cm³/mol. The van der Waals surface area contributed by atoms with Gasteiger partial charge in [0.1, 0.15) is 66.9 Å². The highest BCUT2D eigenvalue weighted by Crippen LogP contribution is 2.56. The summed E-state index contributed by atoms with van der Waals surface area (Å²) in [7, 11) is -12.9.